The van der Waals surface area contributed by atoms with Crippen molar-refractivity contribution in [3.8, 4) is 0 Å². The van der Waals surface area contributed by atoms with Crippen molar-refractivity contribution < 1.29 is 4.74 Å². The summed E-state index contributed by atoms with van der Waals surface area (Å²) in [6.07, 6.45) is 1.28. The molecule has 0 bridgehead atoms. The molecule has 1 rings (SSSR count). The minimum Gasteiger partial charge on any atom is -0.380 e. The molecule has 0 aromatic rings. The van der Waals surface area contributed by atoms with Crippen molar-refractivity contribution >= 4 is 0 Å². The highest BCUT2D eigenvalue weighted by molar-refractivity contribution is 4.72. The molecule has 1 aliphatic heterocycles. The highest BCUT2D eigenvalue weighted by Gasteiger charge is 2.18. The number of ether oxygens (including phenoxy) is 1. The van der Waals surface area contributed by atoms with E-state index in [-0.39, 0.29) is 0 Å². The monoisotopic (exact) mass is 158 g/mol. The van der Waals surface area contributed by atoms with E-state index in [0.29, 0.717) is 13.2 Å². The van der Waals surface area contributed by atoms with Gasteiger partial charge in [-0.2, -0.15) is 0 Å². The summed E-state index contributed by atoms with van der Waals surface area (Å²) in [6.45, 7) is 4.64. The maximum atomic E-state index is 5.36. The zero-order valence-corrected chi connectivity index (χ0v) is 7.25. The molecule has 11 heavy (non-hydrogen) atoms. The van der Waals surface area contributed by atoms with Crippen molar-refractivity contribution in [3.05, 3.63) is 0 Å². The summed E-state index contributed by atoms with van der Waals surface area (Å²) in [5.74, 6) is 0.742. The van der Waals surface area contributed by atoms with E-state index < -0.39 is 0 Å². The normalized spacial score (nSPS) is 26.2. The first kappa shape index (κ1) is 8.97. The largest absolute Gasteiger partial charge is 0.380 e. The molecule has 0 unspecified atom stereocenters. The van der Waals surface area contributed by atoms with E-state index in [0.717, 1.165) is 12.5 Å². The summed E-state index contributed by atoms with van der Waals surface area (Å²) in [5, 5.41) is 0. The van der Waals surface area contributed by atoms with Crippen LogP contribution >= 0.6 is 0 Å². The predicted octanol–water partition coefficient (Wildman–Crippen LogP) is -0.0866. The van der Waals surface area contributed by atoms with Crippen LogP contribution in [0.3, 0.4) is 0 Å². The third-order valence-corrected chi connectivity index (χ3v) is 2.10. The summed E-state index contributed by atoms with van der Waals surface area (Å²) in [7, 11) is 2.16. The van der Waals surface area contributed by atoms with Crippen LogP contribution in [0.5, 0.6) is 0 Å². The van der Waals surface area contributed by atoms with Crippen LogP contribution in [0, 0.1) is 5.92 Å². The fraction of sp³-hybridized carbons (Fsp3) is 1.00. The molecule has 0 radical (unpaired) electrons. The summed E-state index contributed by atoms with van der Waals surface area (Å²) in [5.41, 5.74) is 5.31. The van der Waals surface area contributed by atoms with Crippen molar-refractivity contribution in [2.75, 3.05) is 39.9 Å². The number of nitrogens with zero attached hydrogens (tertiary/aromatic N) is 1. The fourth-order valence-corrected chi connectivity index (χ4v) is 1.50. The lowest BCUT2D eigenvalue weighted by Crippen LogP contribution is -2.18. The first-order valence-electron chi connectivity index (χ1n) is 4.29. The van der Waals surface area contributed by atoms with Crippen molar-refractivity contribution in [1.82, 2.24) is 4.90 Å². The summed E-state index contributed by atoms with van der Waals surface area (Å²) < 4.78 is 5.36. The van der Waals surface area contributed by atoms with Crippen LogP contribution in [0.2, 0.25) is 0 Å². The van der Waals surface area contributed by atoms with Crippen LogP contribution in [0.25, 0.3) is 0 Å². The van der Waals surface area contributed by atoms with Gasteiger partial charge in [-0.05, 0) is 25.9 Å². The number of hydrogen-bond acceptors (Lipinski definition) is 3. The molecule has 2 N–H and O–H groups in total. The van der Waals surface area contributed by atoms with Crippen LogP contribution in [-0.2, 0) is 4.74 Å². The standard InChI is InChI=1S/C8H18N2O/c1-10-4-2-8(6-10)7-11-5-3-9/h8H,2-7,9H2,1H3/t8-/m1/s1. The number of hydrogen-bond donors (Lipinski definition) is 1. The van der Waals surface area contributed by atoms with Crippen LogP contribution in [0.4, 0.5) is 0 Å². The van der Waals surface area contributed by atoms with Crippen molar-refractivity contribution in [3.63, 3.8) is 0 Å². The van der Waals surface area contributed by atoms with Crippen molar-refractivity contribution in [1.29, 1.82) is 0 Å². The van der Waals surface area contributed by atoms with Crippen molar-refractivity contribution in [2.45, 2.75) is 6.42 Å². The maximum Gasteiger partial charge on any atom is 0.0588 e. The Kier molecular flexibility index (Phi) is 3.83. The predicted molar refractivity (Wildman–Crippen MR) is 45.5 cm³/mol. The van der Waals surface area contributed by atoms with Gasteiger partial charge in [-0.1, -0.05) is 0 Å². The molecule has 1 atom stereocenters. The molecule has 1 heterocycles. The second-order valence-electron chi connectivity index (χ2n) is 3.28. The molecular weight excluding hydrogens is 140 g/mol. The van der Waals surface area contributed by atoms with Gasteiger partial charge in [0, 0.05) is 13.1 Å². The third-order valence-electron chi connectivity index (χ3n) is 2.10. The topological polar surface area (TPSA) is 38.5 Å². The third kappa shape index (κ3) is 3.18. The van der Waals surface area contributed by atoms with Gasteiger partial charge < -0.3 is 15.4 Å². The molecule has 0 aromatic carbocycles. The molecule has 0 spiro atoms. The average Bonchev–Trinajstić information content (AvgIpc) is 2.37. The lowest BCUT2D eigenvalue weighted by molar-refractivity contribution is 0.108. The summed E-state index contributed by atoms with van der Waals surface area (Å²) in [6, 6.07) is 0. The number of likely N-dealkylation sites (tertiary alicyclic amines) is 1. The molecule has 0 aliphatic carbocycles. The molecule has 0 aromatic heterocycles. The Bertz CT molecular complexity index is 108. The minimum atomic E-state index is 0.641. The molecular formula is C8H18N2O. The van der Waals surface area contributed by atoms with E-state index in [1.807, 2.05) is 0 Å². The Labute approximate surface area is 68.5 Å². The second kappa shape index (κ2) is 4.70. The average molecular weight is 158 g/mol. The molecule has 3 nitrogen and oxygen atoms in total. The van der Waals surface area contributed by atoms with Gasteiger partial charge in [-0.15, -0.1) is 0 Å². The van der Waals surface area contributed by atoms with E-state index in [9.17, 15) is 0 Å². The Hall–Kier alpha value is -0.120. The minimum absolute atomic E-state index is 0.641. The van der Waals surface area contributed by atoms with E-state index in [2.05, 4.69) is 11.9 Å². The van der Waals surface area contributed by atoms with Crippen molar-refractivity contribution in [2.24, 2.45) is 11.7 Å². The number of rotatable bonds is 4. The van der Waals surface area contributed by atoms with E-state index >= 15 is 0 Å². The van der Waals surface area contributed by atoms with Crippen LogP contribution in [0.1, 0.15) is 6.42 Å². The highest BCUT2D eigenvalue weighted by atomic mass is 16.5. The fourth-order valence-electron chi connectivity index (χ4n) is 1.50. The molecule has 1 saturated heterocycles. The van der Waals surface area contributed by atoms with Gasteiger partial charge in [0.15, 0.2) is 0 Å². The van der Waals surface area contributed by atoms with Gasteiger partial charge in [0.2, 0.25) is 0 Å². The van der Waals surface area contributed by atoms with Crippen LogP contribution in [0.15, 0.2) is 0 Å². The molecule has 1 fully saturated rings. The molecule has 1 aliphatic rings. The first-order chi connectivity index (χ1) is 5.33. The molecule has 66 valence electrons. The van der Waals surface area contributed by atoms with Gasteiger partial charge in [0.1, 0.15) is 0 Å². The zero-order valence-electron chi connectivity index (χ0n) is 7.25. The zero-order chi connectivity index (χ0) is 8.10. The number of nitrogens with two attached hydrogens (primary N) is 1. The van der Waals surface area contributed by atoms with Gasteiger partial charge >= 0.3 is 0 Å². The second-order valence-corrected chi connectivity index (χ2v) is 3.28. The first-order valence-corrected chi connectivity index (χ1v) is 4.29. The van der Waals surface area contributed by atoms with Gasteiger partial charge in [-0.3, -0.25) is 0 Å². The summed E-state index contributed by atoms with van der Waals surface area (Å²) >= 11 is 0. The van der Waals surface area contributed by atoms with E-state index in [1.54, 1.807) is 0 Å². The summed E-state index contributed by atoms with van der Waals surface area (Å²) in [4.78, 5) is 2.34. The molecule has 0 saturated carbocycles. The van der Waals surface area contributed by atoms with Gasteiger partial charge in [0.25, 0.3) is 0 Å². The highest BCUT2D eigenvalue weighted by Crippen LogP contribution is 2.13. The Morgan fingerprint density at radius 2 is 2.45 bits per heavy atom. The SMILES string of the molecule is CN1CC[C@@H](COCCN)C1. The quantitative estimate of drug-likeness (QED) is 0.581. The lowest BCUT2D eigenvalue weighted by Gasteiger charge is -2.09. The van der Waals surface area contributed by atoms with Crippen LogP contribution < -0.4 is 5.73 Å². The molecule has 0 amide bonds. The van der Waals surface area contributed by atoms with Gasteiger partial charge in [0.05, 0.1) is 13.2 Å². The van der Waals surface area contributed by atoms with E-state index in [1.165, 1.54) is 19.5 Å². The Morgan fingerprint density at radius 3 is 3.00 bits per heavy atom. The Morgan fingerprint density at radius 1 is 1.64 bits per heavy atom. The van der Waals surface area contributed by atoms with Gasteiger partial charge in [-0.25, -0.2) is 0 Å². The maximum absolute atomic E-state index is 5.36. The van der Waals surface area contributed by atoms with Crippen LogP contribution in [-0.4, -0.2) is 44.8 Å². The van der Waals surface area contributed by atoms with E-state index in [4.69, 9.17) is 10.5 Å². The smallest absolute Gasteiger partial charge is 0.0588 e. The molecule has 3 heteroatoms. The lowest BCUT2D eigenvalue weighted by atomic mass is 10.1. The Balaban J connectivity index is 1.99.